The molecule has 1 aromatic rings. The minimum atomic E-state index is -1.44. The first-order valence-electron chi connectivity index (χ1n) is 5.71. The minimum Gasteiger partial charge on any atom is -0.411 e. The van der Waals surface area contributed by atoms with Crippen LogP contribution in [0.3, 0.4) is 0 Å². The van der Waals surface area contributed by atoms with Gasteiger partial charge in [0.2, 0.25) is 9.04 Å². The Morgan fingerprint density at radius 1 is 1.25 bits per heavy atom. The van der Waals surface area contributed by atoms with Gasteiger partial charge in [-0.2, -0.15) is 0 Å². The van der Waals surface area contributed by atoms with Gasteiger partial charge in [-0.1, -0.05) is 51.1 Å². The molecular weight excluding hydrogens is 236 g/mol. The average molecular weight is 257 g/mol. The number of benzene rings is 1. The van der Waals surface area contributed by atoms with Crippen LogP contribution in [-0.4, -0.2) is 21.0 Å². The maximum Gasteiger partial charge on any atom is 0.213 e. The van der Waals surface area contributed by atoms with Gasteiger partial charge >= 0.3 is 0 Å². The molecule has 0 saturated carbocycles. The topological polar surface area (TPSA) is 9.23 Å². The fourth-order valence-corrected chi connectivity index (χ4v) is 4.57. The highest BCUT2D eigenvalue weighted by Gasteiger charge is 2.30. The molecule has 90 valence electrons. The molecule has 0 aliphatic heterocycles. The molecule has 0 aliphatic carbocycles. The molecule has 0 aliphatic rings. The molecule has 0 fully saturated rings. The first kappa shape index (κ1) is 13.8. The first-order chi connectivity index (χ1) is 7.45. The third kappa shape index (κ3) is 3.93. The normalized spacial score (nSPS) is 15.8. The van der Waals surface area contributed by atoms with Crippen LogP contribution in [0.5, 0.6) is 0 Å². The summed E-state index contributed by atoms with van der Waals surface area (Å²) in [6, 6.07) is 10.5. The van der Waals surface area contributed by atoms with E-state index in [1.165, 1.54) is 5.19 Å². The summed E-state index contributed by atoms with van der Waals surface area (Å²) in [5.41, 5.74) is 0. The van der Waals surface area contributed by atoms with E-state index in [4.69, 9.17) is 16.0 Å². The van der Waals surface area contributed by atoms with Gasteiger partial charge in [0.25, 0.3) is 0 Å². The van der Waals surface area contributed by atoms with E-state index in [1.807, 2.05) is 13.0 Å². The zero-order valence-corrected chi connectivity index (χ0v) is 12.4. The molecule has 0 N–H and O–H groups in total. The standard InChI is InChI=1S/C13H21ClOSi/c1-11(10-14)15-16(13(2,3)4)12-8-6-5-7-9-12/h5-9,11,16H,10H2,1-4H3. The van der Waals surface area contributed by atoms with Gasteiger partial charge in [0.1, 0.15) is 0 Å². The maximum atomic E-state index is 6.16. The number of rotatable bonds is 4. The lowest BCUT2D eigenvalue weighted by atomic mass is 10.2. The number of hydrogen-bond acceptors (Lipinski definition) is 1. The second kappa shape index (κ2) is 5.85. The van der Waals surface area contributed by atoms with Crippen molar-refractivity contribution in [3.05, 3.63) is 30.3 Å². The summed E-state index contributed by atoms with van der Waals surface area (Å²) in [4.78, 5) is 0. The highest BCUT2D eigenvalue weighted by Crippen LogP contribution is 2.28. The predicted octanol–water partition coefficient (Wildman–Crippen LogP) is 3.06. The van der Waals surface area contributed by atoms with Gasteiger partial charge < -0.3 is 4.43 Å². The molecule has 0 bridgehead atoms. The van der Waals surface area contributed by atoms with Crippen molar-refractivity contribution in [3.63, 3.8) is 0 Å². The molecule has 0 heterocycles. The molecule has 2 unspecified atom stereocenters. The zero-order valence-electron chi connectivity index (χ0n) is 10.5. The SMILES string of the molecule is CC(CCl)O[SiH](c1ccccc1)C(C)(C)C. The molecule has 1 rings (SSSR count). The molecule has 0 spiro atoms. The van der Waals surface area contributed by atoms with Crippen LogP contribution in [0.4, 0.5) is 0 Å². The van der Waals surface area contributed by atoms with Gasteiger partial charge in [-0.15, -0.1) is 11.6 Å². The van der Waals surface area contributed by atoms with Gasteiger partial charge in [0.15, 0.2) is 0 Å². The van der Waals surface area contributed by atoms with E-state index in [0.29, 0.717) is 5.88 Å². The van der Waals surface area contributed by atoms with E-state index in [9.17, 15) is 0 Å². The van der Waals surface area contributed by atoms with E-state index in [0.717, 1.165) is 0 Å². The Bertz CT molecular complexity index is 307. The van der Waals surface area contributed by atoms with Crippen molar-refractivity contribution in [2.45, 2.75) is 38.8 Å². The Labute approximate surface area is 106 Å². The quantitative estimate of drug-likeness (QED) is 0.594. The Kier molecular flexibility index (Phi) is 5.03. The summed E-state index contributed by atoms with van der Waals surface area (Å²) >= 11 is 5.83. The van der Waals surface area contributed by atoms with Crippen LogP contribution >= 0.6 is 11.6 Å². The van der Waals surface area contributed by atoms with Crippen LogP contribution in [0, 0.1) is 0 Å². The van der Waals surface area contributed by atoms with Crippen molar-refractivity contribution in [2.75, 3.05) is 5.88 Å². The van der Waals surface area contributed by atoms with Crippen molar-refractivity contribution in [1.82, 2.24) is 0 Å². The van der Waals surface area contributed by atoms with E-state index < -0.39 is 9.04 Å². The van der Waals surface area contributed by atoms with Crippen molar-refractivity contribution in [2.24, 2.45) is 0 Å². The minimum absolute atomic E-state index is 0.137. The van der Waals surface area contributed by atoms with Gasteiger partial charge in [-0.25, -0.2) is 0 Å². The van der Waals surface area contributed by atoms with Crippen LogP contribution < -0.4 is 5.19 Å². The second-order valence-electron chi connectivity index (χ2n) is 5.26. The summed E-state index contributed by atoms with van der Waals surface area (Å²) < 4.78 is 6.16. The lowest BCUT2D eigenvalue weighted by Gasteiger charge is -2.31. The van der Waals surface area contributed by atoms with E-state index in [1.54, 1.807) is 0 Å². The summed E-state index contributed by atoms with van der Waals surface area (Å²) in [6.45, 7) is 8.79. The van der Waals surface area contributed by atoms with Crippen molar-refractivity contribution >= 4 is 25.8 Å². The molecule has 0 amide bonds. The van der Waals surface area contributed by atoms with Crippen LogP contribution in [0.1, 0.15) is 27.7 Å². The molecular formula is C13H21ClOSi. The van der Waals surface area contributed by atoms with Crippen LogP contribution in [0.25, 0.3) is 0 Å². The molecule has 0 saturated heterocycles. The van der Waals surface area contributed by atoms with Crippen LogP contribution in [0.15, 0.2) is 30.3 Å². The van der Waals surface area contributed by atoms with E-state index >= 15 is 0 Å². The van der Waals surface area contributed by atoms with Crippen molar-refractivity contribution in [1.29, 1.82) is 0 Å². The Balaban J connectivity index is 2.89. The molecule has 1 nitrogen and oxygen atoms in total. The Morgan fingerprint density at radius 3 is 2.25 bits per heavy atom. The largest absolute Gasteiger partial charge is 0.411 e. The Morgan fingerprint density at radius 2 is 1.81 bits per heavy atom. The summed E-state index contributed by atoms with van der Waals surface area (Å²) in [7, 11) is -1.44. The molecule has 3 heteroatoms. The number of hydrogen-bond donors (Lipinski definition) is 0. The Hall–Kier alpha value is -0.313. The molecule has 16 heavy (non-hydrogen) atoms. The molecule has 2 atom stereocenters. The fourth-order valence-electron chi connectivity index (χ4n) is 1.68. The molecule has 1 aromatic carbocycles. The van der Waals surface area contributed by atoms with Crippen molar-refractivity contribution < 1.29 is 4.43 Å². The fraction of sp³-hybridized carbons (Fsp3) is 0.538. The lowest BCUT2D eigenvalue weighted by Crippen LogP contribution is -2.44. The van der Waals surface area contributed by atoms with E-state index in [2.05, 4.69) is 45.0 Å². The highest BCUT2D eigenvalue weighted by atomic mass is 35.5. The monoisotopic (exact) mass is 256 g/mol. The predicted molar refractivity (Wildman–Crippen MR) is 74.2 cm³/mol. The summed E-state index contributed by atoms with van der Waals surface area (Å²) in [6.07, 6.45) is 0.137. The zero-order chi connectivity index (χ0) is 12.2. The van der Waals surface area contributed by atoms with Crippen LogP contribution in [-0.2, 0) is 4.43 Å². The third-order valence-electron chi connectivity index (χ3n) is 2.47. The summed E-state index contributed by atoms with van der Waals surface area (Å²) in [5, 5.41) is 1.56. The first-order valence-corrected chi connectivity index (χ1v) is 7.87. The number of halogens is 1. The highest BCUT2D eigenvalue weighted by molar-refractivity contribution is 6.70. The van der Waals surface area contributed by atoms with Gasteiger partial charge in [-0.05, 0) is 17.1 Å². The third-order valence-corrected chi connectivity index (χ3v) is 6.21. The second-order valence-corrected chi connectivity index (χ2v) is 9.00. The van der Waals surface area contributed by atoms with Crippen LogP contribution in [0.2, 0.25) is 5.04 Å². The average Bonchev–Trinajstić information content (AvgIpc) is 2.25. The van der Waals surface area contributed by atoms with Gasteiger partial charge in [-0.3, -0.25) is 0 Å². The number of alkyl halides is 1. The maximum absolute atomic E-state index is 6.16. The smallest absolute Gasteiger partial charge is 0.213 e. The molecule has 0 aromatic heterocycles. The van der Waals surface area contributed by atoms with Gasteiger partial charge in [0, 0.05) is 5.88 Å². The van der Waals surface area contributed by atoms with E-state index in [-0.39, 0.29) is 11.1 Å². The molecule has 0 radical (unpaired) electrons. The van der Waals surface area contributed by atoms with Gasteiger partial charge in [0.05, 0.1) is 6.10 Å². The lowest BCUT2D eigenvalue weighted by molar-refractivity contribution is 0.239. The van der Waals surface area contributed by atoms with Crippen molar-refractivity contribution in [3.8, 4) is 0 Å². The summed E-state index contributed by atoms with van der Waals surface area (Å²) in [5.74, 6) is 0.562.